The predicted molar refractivity (Wildman–Crippen MR) is 101 cm³/mol. The van der Waals surface area contributed by atoms with Crippen molar-refractivity contribution in [1.82, 2.24) is 19.7 Å². The number of hydrogen-bond acceptors (Lipinski definition) is 7. The van der Waals surface area contributed by atoms with Crippen LogP contribution in [0.25, 0.3) is 5.69 Å². The molecule has 29 heavy (non-hydrogen) atoms. The van der Waals surface area contributed by atoms with Crippen LogP contribution in [0.1, 0.15) is 15.9 Å². The minimum Gasteiger partial charge on any atom is -0.486 e. The molecule has 0 N–H and O–H groups in total. The number of ether oxygens (including phenoxy) is 2. The summed E-state index contributed by atoms with van der Waals surface area (Å²) < 4.78 is 12.3. The molecule has 3 aromatic rings. The van der Waals surface area contributed by atoms with Gasteiger partial charge < -0.3 is 14.4 Å². The van der Waals surface area contributed by atoms with Crippen LogP contribution in [0.5, 0.6) is 11.5 Å². The van der Waals surface area contributed by atoms with Gasteiger partial charge in [-0.3, -0.25) is 14.9 Å². The molecule has 1 aromatic heterocycles. The zero-order valence-electron chi connectivity index (χ0n) is 15.5. The third-order valence-corrected chi connectivity index (χ3v) is 4.46. The first-order valence-electron chi connectivity index (χ1n) is 8.80. The number of nitrogens with zero attached hydrogens (tertiary/aromatic N) is 5. The summed E-state index contributed by atoms with van der Waals surface area (Å²) in [4.78, 5) is 29.0. The van der Waals surface area contributed by atoms with Crippen molar-refractivity contribution in [3.05, 3.63) is 70.3 Å². The molecule has 10 heteroatoms. The number of carbonyl (C=O) groups is 1. The van der Waals surface area contributed by atoms with Gasteiger partial charge in [0, 0.05) is 25.2 Å². The van der Waals surface area contributed by atoms with Crippen LogP contribution in [0.15, 0.2) is 49.1 Å². The Hall–Kier alpha value is -3.95. The summed E-state index contributed by atoms with van der Waals surface area (Å²) in [6.45, 7) is 1.30. The van der Waals surface area contributed by atoms with Gasteiger partial charge in [0.05, 0.1) is 4.92 Å². The number of rotatable bonds is 5. The summed E-state index contributed by atoms with van der Waals surface area (Å²) in [6.07, 6.45) is 2.64. The van der Waals surface area contributed by atoms with Crippen molar-refractivity contribution in [3.8, 4) is 17.2 Å². The van der Waals surface area contributed by atoms with Crippen molar-refractivity contribution in [3.63, 3.8) is 0 Å². The first-order valence-corrected chi connectivity index (χ1v) is 8.80. The first kappa shape index (κ1) is 18.4. The third-order valence-electron chi connectivity index (χ3n) is 4.46. The third kappa shape index (κ3) is 3.72. The number of benzene rings is 2. The molecule has 0 saturated carbocycles. The second-order valence-electron chi connectivity index (χ2n) is 6.44. The number of carbonyl (C=O) groups excluding carboxylic acids is 1. The standard InChI is InChI=1S/C19H17N5O5/c1-22(10-13-2-5-17-18(8-13)29-7-6-28-17)19(25)14-3-4-15(16(9-14)24(26)27)23-12-20-11-21-23/h2-5,8-9,11-12H,6-7,10H2,1H3. The fourth-order valence-corrected chi connectivity index (χ4v) is 3.08. The highest BCUT2D eigenvalue weighted by Crippen LogP contribution is 2.31. The molecule has 0 atom stereocenters. The highest BCUT2D eigenvalue weighted by molar-refractivity contribution is 5.95. The van der Waals surface area contributed by atoms with Gasteiger partial charge in [0.25, 0.3) is 11.6 Å². The Bertz CT molecular complexity index is 1070. The van der Waals surface area contributed by atoms with Crippen LogP contribution in [-0.2, 0) is 6.54 Å². The zero-order chi connectivity index (χ0) is 20.4. The predicted octanol–water partition coefficient (Wildman–Crippen LogP) is 2.22. The van der Waals surface area contributed by atoms with Crippen molar-refractivity contribution < 1.29 is 19.2 Å². The van der Waals surface area contributed by atoms with Crippen LogP contribution in [-0.4, -0.2) is 50.8 Å². The number of hydrogen-bond donors (Lipinski definition) is 0. The second-order valence-corrected chi connectivity index (χ2v) is 6.44. The van der Waals surface area contributed by atoms with E-state index in [1.807, 2.05) is 12.1 Å². The Morgan fingerprint density at radius 3 is 2.72 bits per heavy atom. The molecule has 0 bridgehead atoms. The zero-order valence-corrected chi connectivity index (χ0v) is 15.5. The van der Waals surface area contributed by atoms with Crippen molar-refractivity contribution in [1.29, 1.82) is 0 Å². The molecule has 1 amide bonds. The number of nitro groups is 1. The Labute approximate surface area is 165 Å². The highest BCUT2D eigenvalue weighted by atomic mass is 16.6. The van der Waals surface area contributed by atoms with E-state index in [1.54, 1.807) is 13.1 Å². The number of aromatic nitrogens is 3. The lowest BCUT2D eigenvalue weighted by molar-refractivity contribution is -0.384. The van der Waals surface area contributed by atoms with Gasteiger partial charge in [-0.2, -0.15) is 5.10 Å². The van der Waals surface area contributed by atoms with Crippen LogP contribution in [0, 0.1) is 10.1 Å². The van der Waals surface area contributed by atoms with Crippen LogP contribution < -0.4 is 9.47 Å². The molecule has 0 saturated heterocycles. The molecular formula is C19H17N5O5. The van der Waals surface area contributed by atoms with Gasteiger partial charge in [0.2, 0.25) is 0 Å². The molecule has 2 heterocycles. The van der Waals surface area contributed by atoms with Gasteiger partial charge in [-0.05, 0) is 29.8 Å². The van der Waals surface area contributed by atoms with Gasteiger partial charge in [-0.15, -0.1) is 0 Å². The molecule has 0 radical (unpaired) electrons. The first-order chi connectivity index (χ1) is 14.0. The molecular weight excluding hydrogens is 378 g/mol. The van der Waals surface area contributed by atoms with Gasteiger partial charge in [-0.1, -0.05) is 6.07 Å². The highest BCUT2D eigenvalue weighted by Gasteiger charge is 2.21. The van der Waals surface area contributed by atoms with Crippen LogP contribution in [0.3, 0.4) is 0 Å². The van der Waals surface area contributed by atoms with E-state index in [1.165, 1.54) is 40.4 Å². The SMILES string of the molecule is CN(Cc1ccc2c(c1)OCCO2)C(=O)c1ccc(-n2cncn2)c([N+](=O)[O-])c1. The Morgan fingerprint density at radius 1 is 1.21 bits per heavy atom. The van der Waals surface area contributed by atoms with E-state index < -0.39 is 4.92 Å². The molecule has 0 unspecified atom stereocenters. The van der Waals surface area contributed by atoms with Crippen LogP contribution in [0.4, 0.5) is 5.69 Å². The maximum absolute atomic E-state index is 12.8. The van der Waals surface area contributed by atoms with E-state index in [-0.39, 0.29) is 22.8 Å². The second kappa shape index (κ2) is 7.58. The minimum absolute atomic E-state index is 0.209. The lowest BCUT2D eigenvalue weighted by Gasteiger charge is -2.21. The van der Waals surface area contributed by atoms with E-state index in [9.17, 15) is 14.9 Å². The minimum atomic E-state index is -0.547. The molecule has 0 spiro atoms. The van der Waals surface area contributed by atoms with Crippen molar-refractivity contribution in [2.45, 2.75) is 6.54 Å². The molecule has 1 aliphatic heterocycles. The largest absolute Gasteiger partial charge is 0.486 e. The summed E-state index contributed by atoms with van der Waals surface area (Å²) in [6, 6.07) is 9.76. The average Bonchev–Trinajstić information content (AvgIpc) is 3.27. The van der Waals surface area contributed by atoms with Gasteiger partial charge >= 0.3 is 0 Å². The maximum atomic E-state index is 12.8. The fraction of sp³-hybridized carbons (Fsp3) is 0.211. The monoisotopic (exact) mass is 395 g/mol. The molecule has 10 nitrogen and oxygen atoms in total. The van der Waals surface area contributed by atoms with Crippen LogP contribution >= 0.6 is 0 Å². The topological polar surface area (TPSA) is 113 Å². The fourth-order valence-electron chi connectivity index (χ4n) is 3.08. The van der Waals surface area contributed by atoms with Crippen molar-refractivity contribution in [2.24, 2.45) is 0 Å². The summed E-state index contributed by atoms with van der Waals surface area (Å²) in [5.41, 5.74) is 1.08. The lowest BCUT2D eigenvalue weighted by atomic mass is 10.1. The van der Waals surface area contributed by atoms with Crippen molar-refractivity contribution >= 4 is 11.6 Å². The summed E-state index contributed by atoms with van der Waals surface area (Å²) in [7, 11) is 1.64. The number of amides is 1. The van der Waals surface area contributed by atoms with E-state index in [4.69, 9.17) is 9.47 Å². The smallest absolute Gasteiger partial charge is 0.295 e. The maximum Gasteiger partial charge on any atom is 0.295 e. The molecule has 4 rings (SSSR count). The number of fused-ring (bicyclic) bond motifs is 1. The Kier molecular flexibility index (Phi) is 4.82. The molecule has 0 fully saturated rings. The average molecular weight is 395 g/mol. The van der Waals surface area contributed by atoms with Crippen molar-refractivity contribution in [2.75, 3.05) is 20.3 Å². The van der Waals surface area contributed by atoms with E-state index in [2.05, 4.69) is 10.1 Å². The van der Waals surface area contributed by atoms with Gasteiger partial charge in [0.1, 0.15) is 31.6 Å². The molecule has 1 aliphatic rings. The summed E-state index contributed by atoms with van der Waals surface area (Å²) in [5, 5.41) is 15.4. The Morgan fingerprint density at radius 2 is 2.00 bits per heavy atom. The van der Waals surface area contributed by atoms with Gasteiger partial charge in [-0.25, -0.2) is 9.67 Å². The molecule has 2 aromatic carbocycles. The molecule has 148 valence electrons. The van der Waals surface area contributed by atoms with E-state index in [0.717, 1.165) is 5.56 Å². The summed E-state index contributed by atoms with van der Waals surface area (Å²) >= 11 is 0. The van der Waals surface area contributed by atoms with Crippen LogP contribution in [0.2, 0.25) is 0 Å². The van der Waals surface area contributed by atoms with E-state index in [0.29, 0.717) is 31.3 Å². The van der Waals surface area contributed by atoms with E-state index >= 15 is 0 Å². The molecule has 0 aliphatic carbocycles. The normalized spacial score (nSPS) is 12.4. The lowest BCUT2D eigenvalue weighted by Crippen LogP contribution is -2.26. The number of nitro benzene ring substituents is 1. The summed E-state index contributed by atoms with van der Waals surface area (Å²) in [5.74, 6) is 0.976. The quantitative estimate of drug-likeness (QED) is 0.481. The van der Waals surface area contributed by atoms with Gasteiger partial charge in [0.15, 0.2) is 11.5 Å². The Balaban J connectivity index is 1.56.